The van der Waals surface area contributed by atoms with Gasteiger partial charge < -0.3 is 15.1 Å². The average molecular weight is 273 g/mol. The zero-order valence-corrected chi connectivity index (χ0v) is 12.0. The van der Waals surface area contributed by atoms with Gasteiger partial charge in [-0.1, -0.05) is 18.2 Å². The number of rotatable bonds is 4. The van der Waals surface area contributed by atoms with Crippen molar-refractivity contribution in [2.75, 3.05) is 44.2 Å². The molecule has 3 rings (SSSR count). The van der Waals surface area contributed by atoms with Crippen LogP contribution >= 0.6 is 0 Å². The first-order valence-corrected chi connectivity index (χ1v) is 7.66. The Hall–Kier alpha value is -1.39. The lowest BCUT2D eigenvalue weighted by Crippen LogP contribution is -2.44. The molecule has 0 atom stereocenters. The zero-order valence-electron chi connectivity index (χ0n) is 12.0. The number of anilines is 1. The second kappa shape index (κ2) is 6.37. The summed E-state index contributed by atoms with van der Waals surface area (Å²) < 4.78 is 0. The summed E-state index contributed by atoms with van der Waals surface area (Å²) in [5.74, 6) is 0.281. The molecule has 2 aliphatic heterocycles. The molecule has 1 saturated heterocycles. The second-order valence-corrected chi connectivity index (χ2v) is 5.62. The van der Waals surface area contributed by atoms with Crippen molar-refractivity contribution in [3.63, 3.8) is 0 Å². The number of carbonyl (C=O) groups excluding carboxylic acids is 1. The lowest BCUT2D eigenvalue weighted by molar-refractivity contribution is -0.118. The van der Waals surface area contributed by atoms with Crippen LogP contribution in [0.1, 0.15) is 18.4 Å². The van der Waals surface area contributed by atoms with E-state index in [-0.39, 0.29) is 5.91 Å². The van der Waals surface area contributed by atoms with Crippen molar-refractivity contribution in [2.45, 2.75) is 19.3 Å². The van der Waals surface area contributed by atoms with Crippen LogP contribution in [0, 0.1) is 0 Å². The first-order chi connectivity index (χ1) is 9.84. The van der Waals surface area contributed by atoms with E-state index in [0.717, 1.165) is 57.8 Å². The van der Waals surface area contributed by atoms with Crippen molar-refractivity contribution in [2.24, 2.45) is 0 Å². The minimum atomic E-state index is 0.281. The maximum absolute atomic E-state index is 12.1. The van der Waals surface area contributed by atoms with E-state index in [1.54, 1.807) is 0 Å². The number of benzene rings is 1. The Morgan fingerprint density at radius 2 is 1.85 bits per heavy atom. The van der Waals surface area contributed by atoms with Gasteiger partial charge in [0.1, 0.15) is 0 Å². The fourth-order valence-electron chi connectivity index (χ4n) is 3.13. The summed E-state index contributed by atoms with van der Waals surface area (Å²) >= 11 is 0. The van der Waals surface area contributed by atoms with Gasteiger partial charge in [-0.05, 0) is 31.0 Å². The van der Waals surface area contributed by atoms with Gasteiger partial charge in [0.25, 0.3) is 0 Å². The minimum absolute atomic E-state index is 0.281. The van der Waals surface area contributed by atoms with Crippen molar-refractivity contribution >= 4 is 11.6 Å². The van der Waals surface area contributed by atoms with Crippen LogP contribution in [-0.2, 0) is 11.2 Å². The van der Waals surface area contributed by atoms with Crippen LogP contribution < -0.4 is 10.2 Å². The predicted molar refractivity (Wildman–Crippen MR) is 81.0 cm³/mol. The Labute approximate surface area is 120 Å². The molecule has 1 aromatic rings. The Morgan fingerprint density at radius 3 is 2.70 bits per heavy atom. The van der Waals surface area contributed by atoms with Gasteiger partial charge in [0.15, 0.2) is 0 Å². The molecule has 0 radical (unpaired) electrons. The van der Waals surface area contributed by atoms with Gasteiger partial charge in [0.05, 0.1) is 0 Å². The summed E-state index contributed by atoms with van der Waals surface area (Å²) in [7, 11) is 0. The lowest BCUT2D eigenvalue weighted by Gasteiger charge is -2.31. The Balaban J connectivity index is 1.57. The van der Waals surface area contributed by atoms with Crippen molar-refractivity contribution in [3.05, 3.63) is 29.8 Å². The van der Waals surface area contributed by atoms with Gasteiger partial charge >= 0.3 is 0 Å². The van der Waals surface area contributed by atoms with Crippen molar-refractivity contribution in [1.82, 2.24) is 10.2 Å². The van der Waals surface area contributed by atoms with Crippen molar-refractivity contribution in [1.29, 1.82) is 0 Å². The molecule has 1 fully saturated rings. The summed E-state index contributed by atoms with van der Waals surface area (Å²) in [6, 6.07) is 8.32. The molecule has 2 aliphatic rings. The number of fused-ring (bicyclic) bond motifs is 1. The van der Waals surface area contributed by atoms with Crippen LogP contribution in [0.25, 0.3) is 0 Å². The van der Waals surface area contributed by atoms with Crippen LogP contribution in [0.4, 0.5) is 5.69 Å². The van der Waals surface area contributed by atoms with E-state index >= 15 is 0 Å². The molecule has 0 aliphatic carbocycles. The highest BCUT2D eigenvalue weighted by Crippen LogP contribution is 2.27. The van der Waals surface area contributed by atoms with E-state index in [2.05, 4.69) is 28.4 Å². The molecule has 20 heavy (non-hydrogen) atoms. The monoisotopic (exact) mass is 273 g/mol. The quantitative estimate of drug-likeness (QED) is 0.897. The summed E-state index contributed by atoms with van der Waals surface area (Å²) in [6.07, 6.45) is 2.61. The third kappa shape index (κ3) is 3.02. The molecule has 4 heteroatoms. The summed E-state index contributed by atoms with van der Waals surface area (Å²) in [4.78, 5) is 16.6. The topological polar surface area (TPSA) is 35.6 Å². The zero-order chi connectivity index (χ0) is 13.8. The van der Waals surface area contributed by atoms with Crippen LogP contribution in [-0.4, -0.2) is 50.1 Å². The molecule has 1 aromatic carbocycles. The number of nitrogens with zero attached hydrogens (tertiary/aromatic N) is 2. The fraction of sp³-hybridized carbons (Fsp3) is 0.562. The Kier molecular flexibility index (Phi) is 4.33. The van der Waals surface area contributed by atoms with Gasteiger partial charge in [-0.2, -0.15) is 0 Å². The predicted octanol–water partition coefficient (Wildman–Crippen LogP) is 1.26. The van der Waals surface area contributed by atoms with E-state index in [0.29, 0.717) is 6.42 Å². The SMILES string of the molecule is O=C1CCc2ccccc2N1CCCN1CCNCC1. The number of piperazine rings is 1. The standard InChI is InChI=1S/C16H23N3O/c20-16-7-6-14-4-1-2-5-15(14)19(16)11-3-10-18-12-8-17-9-13-18/h1-2,4-5,17H,3,6-13H2. The van der Waals surface area contributed by atoms with Crippen LogP contribution in [0.5, 0.6) is 0 Å². The molecule has 0 bridgehead atoms. The number of aryl methyl sites for hydroxylation is 1. The lowest BCUT2D eigenvalue weighted by atomic mass is 10.0. The number of para-hydroxylation sites is 1. The molecule has 1 amide bonds. The second-order valence-electron chi connectivity index (χ2n) is 5.62. The molecule has 0 saturated carbocycles. The van der Waals surface area contributed by atoms with E-state index in [1.165, 1.54) is 5.56 Å². The maximum Gasteiger partial charge on any atom is 0.227 e. The van der Waals surface area contributed by atoms with Gasteiger partial charge in [-0.3, -0.25) is 4.79 Å². The highest BCUT2D eigenvalue weighted by atomic mass is 16.2. The molecule has 0 unspecified atom stereocenters. The van der Waals surface area contributed by atoms with Crippen LogP contribution in [0.2, 0.25) is 0 Å². The molecule has 2 heterocycles. The van der Waals surface area contributed by atoms with Crippen LogP contribution in [0.15, 0.2) is 24.3 Å². The summed E-state index contributed by atoms with van der Waals surface area (Å²) in [6.45, 7) is 6.37. The first kappa shape index (κ1) is 13.6. The molecule has 1 N–H and O–H groups in total. The van der Waals surface area contributed by atoms with Gasteiger partial charge in [0, 0.05) is 44.8 Å². The van der Waals surface area contributed by atoms with E-state index in [4.69, 9.17) is 0 Å². The molecule has 4 nitrogen and oxygen atoms in total. The highest BCUT2D eigenvalue weighted by Gasteiger charge is 2.23. The van der Waals surface area contributed by atoms with Gasteiger partial charge in [-0.25, -0.2) is 0 Å². The largest absolute Gasteiger partial charge is 0.314 e. The maximum atomic E-state index is 12.1. The number of hydrogen-bond donors (Lipinski definition) is 1. The minimum Gasteiger partial charge on any atom is -0.314 e. The van der Waals surface area contributed by atoms with Crippen molar-refractivity contribution < 1.29 is 4.79 Å². The van der Waals surface area contributed by atoms with E-state index in [1.807, 2.05) is 11.0 Å². The van der Waals surface area contributed by atoms with Gasteiger partial charge in [0.2, 0.25) is 5.91 Å². The third-order valence-electron chi connectivity index (χ3n) is 4.26. The first-order valence-electron chi connectivity index (χ1n) is 7.66. The Bertz CT molecular complexity index is 469. The molecular weight excluding hydrogens is 250 g/mol. The number of amides is 1. The van der Waals surface area contributed by atoms with E-state index in [9.17, 15) is 4.79 Å². The molecule has 108 valence electrons. The van der Waals surface area contributed by atoms with Gasteiger partial charge in [-0.15, -0.1) is 0 Å². The summed E-state index contributed by atoms with van der Waals surface area (Å²) in [5, 5.41) is 3.37. The van der Waals surface area contributed by atoms with Crippen LogP contribution in [0.3, 0.4) is 0 Å². The summed E-state index contributed by atoms with van der Waals surface area (Å²) in [5.41, 5.74) is 2.44. The molecule has 0 spiro atoms. The number of nitrogens with one attached hydrogen (secondary N) is 1. The smallest absolute Gasteiger partial charge is 0.227 e. The Morgan fingerprint density at radius 1 is 1.05 bits per heavy atom. The van der Waals surface area contributed by atoms with E-state index < -0.39 is 0 Å². The average Bonchev–Trinajstić information content (AvgIpc) is 2.50. The highest BCUT2D eigenvalue weighted by molar-refractivity contribution is 5.96. The number of hydrogen-bond acceptors (Lipinski definition) is 3. The van der Waals surface area contributed by atoms with Crippen molar-refractivity contribution in [3.8, 4) is 0 Å². The normalized spacial score (nSPS) is 20.0. The fourth-order valence-corrected chi connectivity index (χ4v) is 3.13. The molecule has 0 aromatic heterocycles. The number of carbonyl (C=O) groups is 1. The third-order valence-corrected chi connectivity index (χ3v) is 4.26. The molecular formula is C16H23N3O.